The lowest BCUT2D eigenvalue weighted by Crippen LogP contribution is -2.39. The van der Waals surface area contributed by atoms with Crippen molar-refractivity contribution in [3.8, 4) is 0 Å². The molecule has 0 saturated heterocycles. The second kappa shape index (κ2) is 5.14. The molecule has 0 radical (unpaired) electrons. The van der Waals surface area contributed by atoms with Crippen LogP contribution >= 0.6 is 0 Å². The van der Waals surface area contributed by atoms with Gasteiger partial charge < -0.3 is 10.0 Å². The van der Waals surface area contributed by atoms with E-state index in [4.69, 9.17) is 5.11 Å². The molecule has 0 aromatic rings. The number of amides is 1. The monoisotopic (exact) mass is 213 g/mol. The van der Waals surface area contributed by atoms with E-state index in [2.05, 4.69) is 0 Å². The summed E-state index contributed by atoms with van der Waals surface area (Å²) >= 11 is 0. The second-order valence-electron chi connectivity index (χ2n) is 4.08. The van der Waals surface area contributed by atoms with E-state index >= 15 is 0 Å². The molecule has 1 fully saturated rings. The van der Waals surface area contributed by atoms with Gasteiger partial charge in [0.2, 0.25) is 5.91 Å². The number of carbonyl (C=O) groups is 2. The molecular weight excluding hydrogens is 194 g/mol. The standard InChI is InChI=1S/C11H19NO3/c1-3-12(4-2)10(13)9(11(14)15)7-8-5-6-8/h8-9H,3-7H2,1-2H3,(H,14,15). The van der Waals surface area contributed by atoms with Gasteiger partial charge in [-0.3, -0.25) is 9.59 Å². The second-order valence-corrected chi connectivity index (χ2v) is 4.08. The SMILES string of the molecule is CCN(CC)C(=O)C(CC1CC1)C(=O)O. The van der Waals surface area contributed by atoms with Crippen LogP contribution in [0.5, 0.6) is 0 Å². The van der Waals surface area contributed by atoms with Crippen molar-refractivity contribution in [1.82, 2.24) is 4.90 Å². The quantitative estimate of drug-likeness (QED) is 0.678. The number of carboxylic acids is 1. The summed E-state index contributed by atoms with van der Waals surface area (Å²) in [4.78, 5) is 24.4. The Kier molecular flexibility index (Phi) is 4.12. The molecule has 1 unspecified atom stereocenters. The molecule has 1 aliphatic rings. The zero-order valence-electron chi connectivity index (χ0n) is 9.40. The molecule has 4 heteroatoms. The number of nitrogens with zero attached hydrogens (tertiary/aromatic N) is 1. The molecule has 0 bridgehead atoms. The largest absolute Gasteiger partial charge is 0.481 e. The Morgan fingerprint density at radius 2 is 1.87 bits per heavy atom. The van der Waals surface area contributed by atoms with Gasteiger partial charge in [-0.25, -0.2) is 0 Å². The minimum absolute atomic E-state index is 0.223. The first kappa shape index (κ1) is 12.0. The van der Waals surface area contributed by atoms with Crippen LogP contribution in [0.4, 0.5) is 0 Å². The van der Waals surface area contributed by atoms with Crippen molar-refractivity contribution in [2.45, 2.75) is 33.1 Å². The highest BCUT2D eigenvalue weighted by molar-refractivity contribution is 5.96. The van der Waals surface area contributed by atoms with Crippen molar-refractivity contribution in [2.24, 2.45) is 11.8 Å². The third-order valence-corrected chi connectivity index (χ3v) is 2.94. The fourth-order valence-corrected chi connectivity index (χ4v) is 1.75. The van der Waals surface area contributed by atoms with Gasteiger partial charge in [-0.2, -0.15) is 0 Å². The Hall–Kier alpha value is -1.06. The molecule has 0 aliphatic heterocycles. The molecule has 1 rings (SSSR count). The molecule has 1 saturated carbocycles. The first-order valence-corrected chi connectivity index (χ1v) is 5.61. The van der Waals surface area contributed by atoms with Crippen molar-refractivity contribution >= 4 is 11.9 Å². The Balaban J connectivity index is 2.60. The van der Waals surface area contributed by atoms with Crippen LogP contribution in [0.1, 0.15) is 33.1 Å². The van der Waals surface area contributed by atoms with Gasteiger partial charge in [-0.05, 0) is 26.2 Å². The van der Waals surface area contributed by atoms with Gasteiger partial charge in [0.25, 0.3) is 0 Å². The molecular formula is C11H19NO3. The van der Waals surface area contributed by atoms with Gasteiger partial charge in [0, 0.05) is 13.1 Å². The number of carboxylic acid groups (broad SMARTS) is 1. The number of hydrogen-bond acceptors (Lipinski definition) is 2. The maximum atomic E-state index is 11.9. The van der Waals surface area contributed by atoms with Crippen LogP contribution in [0.3, 0.4) is 0 Å². The number of carbonyl (C=O) groups excluding carboxylic acids is 1. The van der Waals surface area contributed by atoms with E-state index in [1.165, 1.54) is 0 Å². The van der Waals surface area contributed by atoms with Crippen molar-refractivity contribution in [3.05, 3.63) is 0 Å². The van der Waals surface area contributed by atoms with Gasteiger partial charge >= 0.3 is 5.97 Å². The summed E-state index contributed by atoms with van der Waals surface area (Å²) in [6, 6.07) is 0. The average Bonchev–Trinajstić information content (AvgIpc) is 2.99. The lowest BCUT2D eigenvalue weighted by atomic mass is 10.0. The fraction of sp³-hybridized carbons (Fsp3) is 0.818. The first-order chi connectivity index (χ1) is 7.10. The van der Waals surface area contributed by atoms with Gasteiger partial charge in [0.1, 0.15) is 5.92 Å². The van der Waals surface area contributed by atoms with Crippen LogP contribution in [-0.4, -0.2) is 35.0 Å². The van der Waals surface area contributed by atoms with Crippen LogP contribution in [0.2, 0.25) is 0 Å². The fourth-order valence-electron chi connectivity index (χ4n) is 1.75. The highest BCUT2D eigenvalue weighted by Crippen LogP contribution is 2.35. The number of hydrogen-bond donors (Lipinski definition) is 1. The molecule has 1 aliphatic carbocycles. The van der Waals surface area contributed by atoms with Crippen LogP contribution in [0.15, 0.2) is 0 Å². The molecule has 4 nitrogen and oxygen atoms in total. The van der Waals surface area contributed by atoms with E-state index in [-0.39, 0.29) is 5.91 Å². The molecule has 0 aromatic carbocycles. The Bertz CT molecular complexity index is 244. The lowest BCUT2D eigenvalue weighted by molar-refractivity contribution is -0.151. The lowest BCUT2D eigenvalue weighted by Gasteiger charge is -2.22. The highest BCUT2D eigenvalue weighted by atomic mass is 16.4. The van der Waals surface area contributed by atoms with Gasteiger partial charge in [-0.15, -0.1) is 0 Å². The van der Waals surface area contributed by atoms with Crippen LogP contribution < -0.4 is 0 Å². The maximum absolute atomic E-state index is 11.9. The smallest absolute Gasteiger partial charge is 0.316 e. The van der Waals surface area contributed by atoms with E-state index in [0.29, 0.717) is 25.4 Å². The van der Waals surface area contributed by atoms with Gasteiger partial charge in [0.15, 0.2) is 0 Å². The van der Waals surface area contributed by atoms with Crippen LogP contribution in [-0.2, 0) is 9.59 Å². The number of aliphatic carboxylic acids is 1. The summed E-state index contributed by atoms with van der Waals surface area (Å²) < 4.78 is 0. The van der Waals surface area contributed by atoms with Crippen molar-refractivity contribution in [2.75, 3.05) is 13.1 Å². The Morgan fingerprint density at radius 3 is 2.20 bits per heavy atom. The highest BCUT2D eigenvalue weighted by Gasteiger charge is 2.35. The van der Waals surface area contributed by atoms with E-state index in [1.807, 2.05) is 13.8 Å². The van der Waals surface area contributed by atoms with Crippen LogP contribution in [0, 0.1) is 11.8 Å². The summed E-state index contributed by atoms with van der Waals surface area (Å²) in [6.45, 7) is 4.92. The van der Waals surface area contributed by atoms with Gasteiger partial charge in [-0.1, -0.05) is 12.8 Å². The third-order valence-electron chi connectivity index (χ3n) is 2.94. The molecule has 0 aromatic heterocycles. The summed E-state index contributed by atoms with van der Waals surface area (Å²) in [7, 11) is 0. The third kappa shape index (κ3) is 3.22. The molecule has 1 N–H and O–H groups in total. The zero-order valence-corrected chi connectivity index (χ0v) is 9.40. The van der Waals surface area contributed by atoms with Gasteiger partial charge in [0.05, 0.1) is 0 Å². The van der Waals surface area contributed by atoms with Crippen molar-refractivity contribution in [1.29, 1.82) is 0 Å². The molecule has 1 atom stereocenters. The molecule has 86 valence electrons. The molecule has 0 spiro atoms. The van der Waals surface area contributed by atoms with E-state index in [9.17, 15) is 9.59 Å². The van der Waals surface area contributed by atoms with Crippen molar-refractivity contribution in [3.63, 3.8) is 0 Å². The predicted molar refractivity (Wildman–Crippen MR) is 56.4 cm³/mol. The van der Waals surface area contributed by atoms with E-state index in [0.717, 1.165) is 12.8 Å². The molecule has 1 amide bonds. The Morgan fingerprint density at radius 1 is 1.33 bits per heavy atom. The minimum atomic E-state index is -0.973. The van der Waals surface area contributed by atoms with E-state index in [1.54, 1.807) is 4.90 Å². The normalized spacial score (nSPS) is 17.2. The summed E-state index contributed by atoms with van der Waals surface area (Å²) in [5, 5.41) is 9.01. The zero-order chi connectivity index (χ0) is 11.4. The summed E-state index contributed by atoms with van der Waals surface area (Å²) in [6.07, 6.45) is 2.68. The summed E-state index contributed by atoms with van der Waals surface area (Å²) in [5.74, 6) is -1.55. The topological polar surface area (TPSA) is 57.6 Å². The predicted octanol–water partition coefficient (Wildman–Crippen LogP) is 1.36. The van der Waals surface area contributed by atoms with Crippen LogP contribution in [0.25, 0.3) is 0 Å². The molecule has 0 heterocycles. The summed E-state index contributed by atoms with van der Waals surface area (Å²) in [5.41, 5.74) is 0. The Labute approximate surface area is 90.3 Å². The maximum Gasteiger partial charge on any atom is 0.316 e. The minimum Gasteiger partial charge on any atom is -0.481 e. The van der Waals surface area contributed by atoms with E-state index < -0.39 is 11.9 Å². The average molecular weight is 213 g/mol. The molecule has 15 heavy (non-hydrogen) atoms. The first-order valence-electron chi connectivity index (χ1n) is 5.61. The number of rotatable bonds is 6. The van der Waals surface area contributed by atoms with Crippen molar-refractivity contribution < 1.29 is 14.7 Å².